The molecule has 0 aliphatic heterocycles. The summed E-state index contributed by atoms with van der Waals surface area (Å²) < 4.78 is 19.0. The normalized spacial score (nSPS) is 12.9. The van der Waals surface area contributed by atoms with Crippen molar-refractivity contribution < 1.29 is 9.13 Å². The average molecular weight is 211 g/mol. The molecule has 0 bridgehead atoms. The van der Waals surface area contributed by atoms with Gasteiger partial charge in [-0.05, 0) is 44.5 Å². The van der Waals surface area contributed by atoms with E-state index in [1.165, 1.54) is 0 Å². The summed E-state index contributed by atoms with van der Waals surface area (Å²) in [6.07, 6.45) is -0.538. The van der Waals surface area contributed by atoms with Crippen molar-refractivity contribution in [2.75, 3.05) is 6.54 Å². The molecule has 15 heavy (non-hydrogen) atoms. The molecule has 0 heterocycles. The van der Waals surface area contributed by atoms with E-state index in [2.05, 4.69) is 0 Å². The minimum Gasteiger partial charge on any atom is -0.491 e. The van der Waals surface area contributed by atoms with Gasteiger partial charge in [0.2, 0.25) is 0 Å². The van der Waals surface area contributed by atoms with Gasteiger partial charge in [-0.15, -0.1) is 0 Å². The van der Waals surface area contributed by atoms with Gasteiger partial charge in [0.1, 0.15) is 11.9 Å². The highest BCUT2D eigenvalue weighted by Crippen LogP contribution is 2.24. The van der Waals surface area contributed by atoms with Crippen LogP contribution in [0.2, 0.25) is 0 Å². The lowest BCUT2D eigenvalue weighted by atomic mass is 10.1. The summed E-state index contributed by atoms with van der Waals surface area (Å²) in [5.41, 5.74) is 5.95. The van der Waals surface area contributed by atoms with Gasteiger partial charge in [-0.3, -0.25) is 0 Å². The Kier molecular flexibility index (Phi) is 4.56. The number of halogens is 1. The number of hydrogen-bond acceptors (Lipinski definition) is 2. The Morgan fingerprint density at radius 2 is 2.13 bits per heavy atom. The molecule has 0 amide bonds. The van der Waals surface area contributed by atoms with Crippen LogP contribution in [0.5, 0.6) is 5.75 Å². The molecule has 2 nitrogen and oxygen atoms in total. The van der Waals surface area contributed by atoms with Gasteiger partial charge in [-0.2, -0.15) is 0 Å². The second kappa shape index (κ2) is 5.71. The summed E-state index contributed by atoms with van der Waals surface area (Å²) in [6, 6.07) is 7.13. The molecule has 0 spiro atoms. The molecule has 1 aromatic rings. The molecule has 0 fully saturated rings. The van der Waals surface area contributed by atoms with Gasteiger partial charge in [-0.1, -0.05) is 12.1 Å². The first-order valence-electron chi connectivity index (χ1n) is 5.24. The van der Waals surface area contributed by atoms with Crippen LogP contribution in [0.1, 0.15) is 32.0 Å². The highest BCUT2D eigenvalue weighted by molar-refractivity contribution is 5.30. The molecule has 0 saturated heterocycles. The minimum absolute atomic E-state index is 0.104. The fourth-order valence-corrected chi connectivity index (χ4v) is 1.37. The number of rotatable bonds is 5. The van der Waals surface area contributed by atoms with Crippen molar-refractivity contribution in [3.05, 3.63) is 29.8 Å². The number of alkyl halides is 1. The maximum Gasteiger partial charge on any atom is 0.126 e. The lowest BCUT2D eigenvalue weighted by molar-refractivity contribution is 0.241. The van der Waals surface area contributed by atoms with Crippen molar-refractivity contribution in [1.82, 2.24) is 0 Å². The van der Waals surface area contributed by atoms with Crippen LogP contribution >= 0.6 is 0 Å². The fraction of sp³-hybridized carbons (Fsp3) is 0.500. The standard InChI is InChI=1S/C12H18FNO/c1-9(2)15-11-5-3-4-10(8-11)12(13)6-7-14/h3-5,8-9,12H,6-7,14H2,1-2H3. The third-order valence-electron chi connectivity index (χ3n) is 2.01. The number of nitrogens with two attached hydrogens (primary N) is 1. The van der Waals surface area contributed by atoms with Crippen LogP contribution in [0.15, 0.2) is 24.3 Å². The Morgan fingerprint density at radius 3 is 2.73 bits per heavy atom. The van der Waals surface area contributed by atoms with Crippen LogP contribution in [0.3, 0.4) is 0 Å². The average Bonchev–Trinajstić information content (AvgIpc) is 2.17. The topological polar surface area (TPSA) is 35.2 Å². The van der Waals surface area contributed by atoms with E-state index in [1.807, 2.05) is 19.9 Å². The highest BCUT2D eigenvalue weighted by atomic mass is 19.1. The first-order valence-corrected chi connectivity index (χ1v) is 5.24. The lowest BCUT2D eigenvalue weighted by Crippen LogP contribution is -2.07. The van der Waals surface area contributed by atoms with Gasteiger partial charge in [0.05, 0.1) is 6.10 Å². The molecule has 1 aromatic carbocycles. The zero-order chi connectivity index (χ0) is 11.3. The summed E-state index contributed by atoms with van der Waals surface area (Å²) in [7, 11) is 0. The monoisotopic (exact) mass is 211 g/mol. The van der Waals surface area contributed by atoms with E-state index in [4.69, 9.17) is 10.5 Å². The quantitative estimate of drug-likeness (QED) is 0.812. The molecule has 84 valence electrons. The Morgan fingerprint density at radius 1 is 1.40 bits per heavy atom. The Bertz CT molecular complexity index is 301. The van der Waals surface area contributed by atoms with Gasteiger partial charge < -0.3 is 10.5 Å². The van der Waals surface area contributed by atoms with E-state index in [9.17, 15) is 4.39 Å². The van der Waals surface area contributed by atoms with Crippen molar-refractivity contribution >= 4 is 0 Å². The Balaban J connectivity index is 2.73. The Hall–Kier alpha value is -1.09. The molecule has 2 N–H and O–H groups in total. The molecule has 0 aromatic heterocycles. The number of hydrogen-bond donors (Lipinski definition) is 1. The maximum atomic E-state index is 13.5. The van der Waals surface area contributed by atoms with E-state index < -0.39 is 6.17 Å². The molecule has 3 heteroatoms. The van der Waals surface area contributed by atoms with Crippen molar-refractivity contribution in [1.29, 1.82) is 0 Å². The van der Waals surface area contributed by atoms with Gasteiger partial charge in [0.25, 0.3) is 0 Å². The molecule has 0 radical (unpaired) electrons. The largest absolute Gasteiger partial charge is 0.491 e. The van der Waals surface area contributed by atoms with Crippen LogP contribution in [0, 0.1) is 0 Å². The Labute approximate surface area is 90.2 Å². The first-order chi connectivity index (χ1) is 7.13. The lowest BCUT2D eigenvalue weighted by Gasteiger charge is -2.12. The molecule has 1 rings (SSSR count). The molecule has 0 aliphatic rings. The van der Waals surface area contributed by atoms with E-state index in [1.54, 1.807) is 18.2 Å². The van der Waals surface area contributed by atoms with Crippen LogP contribution in [0.4, 0.5) is 4.39 Å². The molecule has 0 saturated carbocycles. The number of benzene rings is 1. The molecule has 0 aliphatic carbocycles. The van der Waals surface area contributed by atoms with Crippen molar-refractivity contribution in [2.45, 2.75) is 32.5 Å². The van der Waals surface area contributed by atoms with E-state index in [0.29, 0.717) is 24.3 Å². The fourth-order valence-electron chi connectivity index (χ4n) is 1.37. The van der Waals surface area contributed by atoms with E-state index in [0.717, 1.165) is 0 Å². The maximum absolute atomic E-state index is 13.5. The molecule has 1 atom stereocenters. The van der Waals surface area contributed by atoms with Crippen LogP contribution < -0.4 is 10.5 Å². The van der Waals surface area contributed by atoms with Crippen LogP contribution in [-0.4, -0.2) is 12.6 Å². The molecular weight excluding hydrogens is 193 g/mol. The second-order valence-corrected chi connectivity index (χ2v) is 3.78. The summed E-state index contributed by atoms with van der Waals surface area (Å²) in [5, 5.41) is 0. The predicted octanol–water partition coefficient (Wildman–Crippen LogP) is 2.83. The second-order valence-electron chi connectivity index (χ2n) is 3.78. The summed E-state index contributed by atoms with van der Waals surface area (Å²) >= 11 is 0. The first kappa shape index (κ1) is 12.0. The van der Waals surface area contributed by atoms with Crippen molar-refractivity contribution in [3.8, 4) is 5.75 Å². The van der Waals surface area contributed by atoms with Gasteiger partial charge in [-0.25, -0.2) is 4.39 Å². The van der Waals surface area contributed by atoms with E-state index >= 15 is 0 Å². The third-order valence-corrected chi connectivity index (χ3v) is 2.01. The smallest absolute Gasteiger partial charge is 0.126 e. The van der Waals surface area contributed by atoms with E-state index in [-0.39, 0.29) is 6.10 Å². The third kappa shape index (κ3) is 3.88. The minimum atomic E-state index is -0.995. The van der Waals surface area contributed by atoms with Crippen LogP contribution in [-0.2, 0) is 0 Å². The summed E-state index contributed by atoms with van der Waals surface area (Å²) in [5.74, 6) is 0.710. The zero-order valence-electron chi connectivity index (χ0n) is 9.24. The zero-order valence-corrected chi connectivity index (χ0v) is 9.24. The van der Waals surface area contributed by atoms with Crippen molar-refractivity contribution in [3.63, 3.8) is 0 Å². The van der Waals surface area contributed by atoms with Gasteiger partial charge >= 0.3 is 0 Å². The molecular formula is C12H18FNO. The van der Waals surface area contributed by atoms with Gasteiger partial charge in [0, 0.05) is 0 Å². The SMILES string of the molecule is CC(C)Oc1cccc(C(F)CCN)c1. The highest BCUT2D eigenvalue weighted by Gasteiger charge is 2.09. The van der Waals surface area contributed by atoms with Gasteiger partial charge in [0.15, 0.2) is 0 Å². The summed E-state index contributed by atoms with van der Waals surface area (Å²) in [4.78, 5) is 0. The van der Waals surface area contributed by atoms with Crippen molar-refractivity contribution in [2.24, 2.45) is 5.73 Å². The van der Waals surface area contributed by atoms with Crippen LogP contribution in [0.25, 0.3) is 0 Å². The molecule has 1 unspecified atom stereocenters. The number of ether oxygens (including phenoxy) is 1. The predicted molar refractivity (Wildman–Crippen MR) is 59.7 cm³/mol. The summed E-state index contributed by atoms with van der Waals surface area (Å²) in [6.45, 7) is 4.25.